The molecular weight excluding hydrogens is 142 g/mol. The summed E-state index contributed by atoms with van der Waals surface area (Å²) < 4.78 is 4.47. The summed E-state index contributed by atoms with van der Waals surface area (Å²) in [5.41, 5.74) is 0. The van der Waals surface area contributed by atoms with Gasteiger partial charge in [0.05, 0.1) is 7.11 Å². The summed E-state index contributed by atoms with van der Waals surface area (Å²) in [6.07, 6.45) is 0.822. The number of methoxy groups -OCH3 is 1. The van der Waals surface area contributed by atoms with Gasteiger partial charge < -0.3 is 9.58 Å². The van der Waals surface area contributed by atoms with Crippen molar-refractivity contribution >= 4 is 5.97 Å². The summed E-state index contributed by atoms with van der Waals surface area (Å²) in [6.45, 7) is 10.6. The average molecular weight is 155 g/mol. The second-order valence-corrected chi connectivity index (χ2v) is 2.48. The summed E-state index contributed by atoms with van der Waals surface area (Å²) in [5.74, 6) is -0.339. The van der Waals surface area contributed by atoms with Crippen LogP contribution in [0.1, 0.15) is 20.3 Å². The molecule has 3 heteroatoms. The van der Waals surface area contributed by atoms with E-state index >= 15 is 0 Å². The van der Waals surface area contributed by atoms with E-state index in [4.69, 9.17) is 6.57 Å². The first kappa shape index (κ1) is 9.96. The van der Waals surface area contributed by atoms with E-state index in [2.05, 4.69) is 9.58 Å². The molecule has 0 aromatic heterocycles. The van der Waals surface area contributed by atoms with Crippen molar-refractivity contribution in [1.29, 1.82) is 0 Å². The zero-order valence-corrected chi connectivity index (χ0v) is 7.13. The van der Waals surface area contributed by atoms with E-state index < -0.39 is 12.0 Å². The summed E-state index contributed by atoms with van der Waals surface area (Å²) in [4.78, 5) is 14.1. The third kappa shape index (κ3) is 2.58. The predicted molar refractivity (Wildman–Crippen MR) is 41.9 cm³/mol. The van der Waals surface area contributed by atoms with Gasteiger partial charge in [-0.2, -0.15) is 0 Å². The molecule has 2 atom stereocenters. The van der Waals surface area contributed by atoms with Crippen molar-refractivity contribution in [1.82, 2.24) is 0 Å². The molecule has 0 aromatic rings. The summed E-state index contributed by atoms with van der Waals surface area (Å²) in [5, 5.41) is 0. The van der Waals surface area contributed by atoms with Gasteiger partial charge in [-0.3, -0.25) is 0 Å². The van der Waals surface area contributed by atoms with Gasteiger partial charge in [0, 0.05) is 5.92 Å². The molecule has 1 unspecified atom stereocenters. The third-order valence-electron chi connectivity index (χ3n) is 1.76. The van der Waals surface area contributed by atoms with Gasteiger partial charge in [0.1, 0.15) is 0 Å². The normalized spacial score (nSPS) is 14.7. The highest BCUT2D eigenvalue weighted by molar-refractivity contribution is 5.77. The van der Waals surface area contributed by atoms with Crippen LogP contribution < -0.4 is 0 Å². The van der Waals surface area contributed by atoms with Crippen molar-refractivity contribution in [2.24, 2.45) is 5.92 Å². The van der Waals surface area contributed by atoms with E-state index in [0.29, 0.717) is 0 Å². The quantitative estimate of drug-likeness (QED) is 0.456. The Kier molecular flexibility index (Phi) is 4.28. The minimum Gasteiger partial charge on any atom is -0.463 e. The van der Waals surface area contributed by atoms with Gasteiger partial charge in [-0.15, -0.1) is 0 Å². The van der Waals surface area contributed by atoms with Gasteiger partial charge in [0.25, 0.3) is 0 Å². The van der Waals surface area contributed by atoms with Crippen LogP contribution >= 0.6 is 0 Å². The monoisotopic (exact) mass is 155 g/mol. The number of ether oxygens (including phenoxy) is 1. The van der Waals surface area contributed by atoms with Crippen LogP contribution in [0.15, 0.2) is 0 Å². The van der Waals surface area contributed by atoms with E-state index in [9.17, 15) is 4.79 Å². The third-order valence-corrected chi connectivity index (χ3v) is 1.76. The van der Waals surface area contributed by atoms with Gasteiger partial charge in [0.15, 0.2) is 0 Å². The van der Waals surface area contributed by atoms with Crippen molar-refractivity contribution < 1.29 is 9.53 Å². The molecule has 0 saturated carbocycles. The topological polar surface area (TPSA) is 30.7 Å². The smallest absolute Gasteiger partial charge is 0.390 e. The first-order chi connectivity index (χ1) is 5.17. The standard InChI is InChI=1S/C8H13NO2/c1-5-6(2)7(9-3)8(10)11-4/h6-7H,5H2,1-2,4H3/t6?,7-/m0/s1. The van der Waals surface area contributed by atoms with E-state index in [1.54, 1.807) is 0 Å². The molecule has 0 radical (unpaired) electrons. The Morgan fingerprint density at radius 1 is 1.73 bits per heavy atom. The minimum atomic E-state index is -0.620. The molecule has 0 aliphatic heterocycles. The number of carbonyl (C=O) groups excluding carboxylic acids is 1. The molecule has 3 nitrogen and oxygen atoms in total. The SMILES string of the molecule is [C-]#[N+][C@H](C(=O)OC)C(C)CC. The number of hydrogen-bond donors (Lipinski definition) is 0. The Balaban J connectivity index is 4.18. The molecule has 11 heavy (non-hydrogen) atoms. The van der Waals surface area contributed by atoms with Crippen molar-refractivity contribution in [3.63, 3.8) is 0 Å². The highest BCUT2D eigenvalue weighted by Crippen LogP contribution is 2.12. The van der Waals surface area contributed by atoms with Gasteiger partial charge in [-0.25, -0.2) is 11.4 Å². The summed E-state index contributed by atoms with van der Waals surface area (Å²) in [6, 6.07) is -0.620. The van der Waals surface area contributed by atoms with Crippen LogP contribution in [0.4, 0.5) is 0 Å². The van der Waals surface area contributed by atoms with Crippen LogP contribution in [0.3, 0.4) is 0 Å². The molecular formula is C8H13NO2. The maximum atomic E-state index is 10.9. The van der Waals surface area contributed by atoms with Crippen LogP contribution in [-0.4, -0.2) is 19.1 Å². The molecule has 0 aliphatic rings. The molecule has 0 saturated heterocycles. The summed E-state index contributed by atoms with van der Waals surface area (Å²) >= 11 is 0. The molecule has 0 aliphatic carbocycles. The minimum absolute atomic E-state index is 0.0833. The van der Waals surface area contributed by atoms with Crippen molar-refractivity contribution in [2.45, 2.75) is 26.3 Å². The van der Waals surface area contributed by atoms with Crippen LogP contribution in [0.2, 0.25) is 0 Å². The van der Waals surface area contributed by atoms with Crippen LogP contribution in [0.5, 0.6) is 0 Å². The van der Waals surface area contributed by atoms with Gasteiger partial charge in [-0.05, 0) is 6.42 Å². The van der Waals surface area contributed by atoms with Crippen LogP contribution in [0, 0.1) is 12.5 Å². The Hall–Kier alpha value is -1.04. The average Bonchev–Trinajstić information content (AvgIpc) is 2.05. The van der Waals surface area contributed by atoms with E-state index in [0.717, 1.165) is 6.42 Å². The Morgan fingerprint density at radius 3 is 2.55 bits per heavy atom. The van der Waals surface area contributed by atoms with Crippen LogP contribution in [0.25, 0.3) is 4.85 Å². The number of hydrogen-bond acceptors (Lipinski definition) is 2. The molecule has 0 rings (SSSR count). The lowest BCUT2D eigenvalue weighted by atomic mass is 10.0. The van der Waals surface area contributed by atoms with E-state index in [1.165, 1.54) is 7.11 Å². The molecule has 0 fully saturated rings. The second-order valence-electron chi connectivity index (χ2n) is 2.48. The Morgan fingerprint density at radius 2 is 2.27 bits per heavy atom. The predicted octanol–water partition coefficient (Wildman–Crippen LogP) is 1.49. The lowest BCUT2D eigenvalue weighted by Crippen LogP contribution is -2.25. The molecule has 0 aromatic carbocycles. The molecule has 0 heterocycles. The van der Waals surface area contributed by atoms with Crippen molar-refractivity contribution in [2.75, 3.05) is 7.11 Å². The number of nitrogens with zero attached hydrogens (tertiary/aromatic N) is 1. The van der Waals surface area contributed by atoms with E-state index in [1.807, 2.05) is 13.8 Å². The number of esters is 1. The molecule has 62 valence electrons. The zero-order chi connectivity index (χ0) is 8.85. The van der Waals surface area contributed by atoms with Gasteiger partial charge >= 0.3 is 12.0 Å². The van der Waals surface area contributed by atoms with Crippen LogP contribution in [-0.2, 0) is 9.53 Å². The molecule has 0 bridgehead atoms. The second kappa shape index (κ2) is 4.73. The maximum Gasteiger partial charge on any atom is 0.390 e. The Bertz CT molecular complexity index is 171. The largest absolute Gasteiger partial charge is 0.463 e. The summed E-state index contributed by atoms with van der Waals surface area (Å²) in [7, 11) is 1.31. The Labute approximate surface area is 67.2 Å². The highest BCUT2D eigenvalue weighted by atomic mass is 16.5. The number of rotatable bonds is 3. The molecule has 0 N–H and O–H groups in total. The van der Waals surface area contributed by atoms with Crippen molar-refractivity contribution in [3.8, 4) is 0 Å². The lowest BCUT2D eigenvalue weighted by molar-refractivity contribution is -0.142. The van der Waals surface area contributed by atoms with Gasteiger partial charge in [0.2, 0.25) is 0 Å². The number of carbonyl (C=O) groups is 1. The van der Waals surface area contributed by atoms with E-state index in [-0.39, 0.29) is 5.92 Å². The lowest BCUT2D eigenvalue weighted by Gasteiger charge is -2.08. The molecule has 0 spiro atoms. The fraction of sp³-hybridized carbons (Fsp3) is 0.750. The zero-order valence-electron chi connectivity index (χ0n) is 7.13. The first-order valence-corrected chi connectivity index (χ1v) is 3.61. The van der Waals surface area contributed by atoms with Gasteiger partial charge in [-0.1, -0.05) is 13.8 Å². The maximum absolute atomic E-state index is 10.9. The van der Waals surface area contributed by atoms with Crippen molar-refractivity contribution in [3.05, 3.63) is 11.4 Å². The highest BCUT2D eigenvalue weighted by Gasteiger charge is 2.29. The fourth-order valence-electron chi connectivity index (χ4n) is 0.756. The first-order valence-electron chi connectivity index (χ1n) is 3.61. The fourth-order valence-corrected chi connectivity index (χ4v) is 0.756. The molecule has 0 amide bonds.